The molecule has 0 fully saturated rings. The first-order valence-electron chi connectivity index (χ1n) is 5.32. The number of sulfonamides is 1. The number of anilines is 2. The molecule has 2 aromatic rings. The predicted molar refractivity (Wildman–Crippen MR) is 73.0 cm³/mol. The number of nitrogens with one attached hydrogen (secondary N) is 1. The summed E-state index contributed by atoms with van der Waals surface area (Å²) in [7, 11) is -4.26. The second kappa shape index (κ2) is 5.26. The molecule has 2 rings (SSSR count). The first-order chi connectivity index (χ1) is 9.29. The van der Waals surface area contributed by atoms with Crippen molar-refractivity contribution >= 4 is 33.0 Å². The van der Waals surface area contributed by atoms with Crippen molar-refractivity contribution in [3.05, 3.63) is 53.1 Å². The average molecular weight is 319 g/mol. The Kier molecular flexibility index (Phi) is 3.82. The van der Waals surface area contributed by atoms with Crippen molar-refractivity contribution in [1.29, 1.82) is 0 Å². The summed E-state index contributed by atoms with van der Waals surface area (Å²) >= 11 is 5.75. The van der Waals surface area contributed by atoms with Gasteiger partial charge < -0.3 is 5.73 Å². The van der Waals surface area contributed by atoms with Crippen LogP contribution in [0.4, 0.5) is 20.2 Å². The number of benzene rings is 2. The third kappa shape index (κ3) is 3.00. The van der Waals surface area contributed by atoms with Crippen LogP contribution in [-0.2, 0) is 10.0 Å². The molecule has 0 spiro atoms. The number of hydrogen-bond acceptors (Lipinski definition) is 3. The van der Waals surface area contributed by atoms with Crippen LogP contribution < -0.4 is 10.5 Å². The predicted octanol–water partition coefficient (Wildman–Crippen LogP) is 3.00. The Morgan fingerprint density at radius 1 is 1.10 bits per heavy atom. The molecule has 0 aliphatic carbocycles. The lowest BCUT2D eigenvalue weighted by Gasteiger charge is -2.10. The molecule has 0 radical (unpaired) electrons. The molecule has 0 bridgehead atoms. The Labute approximate surface area is 119 Å². The van der Waals surface area contributed by atoms with Crippen LogP contribution in [0, 0.1) is 11.6 Å². The third-order valence-corrected chi connectivity index (χ3v) is 4.13. The minimum Gasteiger partial charge on any atom is -0.399 e. The summed E-state index contributed by atoms with van der Waals surface area (Å²) in [5.74, 6) is -1.65. The second-order valence-corrected chi connectivity index (χ2v) is 5.98. The van der Waals surface area contributed by atoms with E-state index < -0.39 is 26.6 Å². The largest absolute Gasteiger partial charge is 0.399 e. The van der Waals surface area contributed by atoms with Gasteiger partial charge >= 0.3 is 0 Å². The van der Waals surface area contributed by atoms with Crippen molar-refractivity contribution in [2.24, 2.45) is 0 Å². The molecule has 8 heteroatoms. The molecule has 2 aromatic carbocycles. The van der Waals surface area contributed by atoms with E-state index in [1.807, 2.05) is 4.72 Å². The van der Waals surface area contributed by atoms with Crippen LogP contribution in [0.5, 0.6) is 0 Å². The molecule has 0 aromatic heterocycles. The van der Waals surface area contributed by atoms with Gasteiger partial charge in [-0.1, -0.05) is 11.6 Å². The summed E-state index contributed by atoms with van der Waals surface area (Å²) < 4.78 is 52.8. The zero-order valence-electron chi connectivity index (χ0n) is 9.90. The fourth-order valence-electron chi connectivity index (χ4n) is 1.50. The monoisotopic (exact) mass is 318 g/mol. The molecule has 0 unspecified atom stereocenters. The van der Waals surface area contributed by atoms with E-state index in [2.05, 4.69) is 0 Å². The Balaban J connectivity index is 2.46. The van der Waals surface area contributed by atoms with Gasteiger partial charge in [0.2, 0.25) is 0 Å². The van der Waals surface area contributed by atoms with Gasteiger partial charge in [0.1, 0.15) is 16.5 Å². The van der Waals surface area contributed by atoms with Gasteiger partial charge in [0, 0.05) is 5.69 Å². The van der Waals surface area contributed by atoms with Crippen LogP contribution in [0.25, 0.3) is 0 Å². The lowest BCUT2D eigenvalue weighted by Crippen LogP contribution is -2.15. The number of hydrogen-bond donors (Lipinski definition) is 2. The zero-order valence-corrected chi connectivity index (χ0v) is 11.5. The topological polar surface area (TPSA) is 72.2 Å². The molecular weight excluding hydrogens is 310 g/mol. The van der Waals surface area contributed by atoms with Crippen molar-refractivity contribution in [2.45, 2.75) is 4.90 Å². The Morgan fingerprint density at radius 3 is 2.50 bits per heavy atom. The number of nitrogen functional groups attached to an aromatic ring is 1. The van der Waals surface area contributed by atoms with Gasteiger partial charge in [-0.15, -0.1) is 0 Å². The fourth-order valence-corrected chi connectivity index (χ4v) is 2.91. The zero-order chi connectivity index (χ0) is 14.9. The Bertz CT molecular complexity index is 766. The van der Waals surface area contributed by atoms with Gasteiger partial charge in [-0.25, -0.2) is 17.2 Å². The molecule has 0 atom stereocenters. The van der Waals surface area contributed by atoms with E-state index in [1.54, 1.807) is 0 Å². The summed E-state index contributed by atoms with van der Waals surface area (Å²) in [6.07, 6.45) is 0. The average Bonchev–Trinajstić information content (AvgIpc) is 2.36. The van der Waals surface area contributed by atoms with E-state index in [-0.39, 0.29) is 16.4 Å². The highest BCUT2D eigenvalue weighted by Gasteiger charge is 2.20. The van der Waals surface area contributed by atoms with E-state index in [1.165, 1.54) is 12.1 Å². The minimum atomic E-state index is -4.26. The van der Waals surface area contributed by atoms with Crippen LogP contribution in [0.15, 0.2) is 41.3 Å². The molecule has 0 aliphatic rings. The lowest BCUT2D eigenvalue weighted by molar-refractivity contribution is 0.570. The van der Waals surface area contributed by atoms with E-state index in [9.17, 15) is 17.2 Å². The van der Waals surface area contributed by atoms with Gasteiger partial charge in [-0.05, 0) is 36.4 Å². The van der Waals surface area contributed by atoms with Crippen LogP contribution in [0.3, 0.4) is 0 Å². The van der Waals surface area contributed by atoms with Gasteiger partial charge in [0.05, 0.1) is 10.7 Å². The second-order valence-electron chi connectivity index (χ2n) is 3.92. The molecule has 106 valence electrons. The Hall–Kier alpha value is -1.86. The fraction of sp³-hybridized carbons (Fsp3) is 0. The maximum atomic E-state index is 13.6. The third-order valence-electron chi connectivity index (χ3n) is 2.42. The highest BCUT2D eigenvalue weighted by atomic mass is 35.5. The standard InChI is InChI=1S/C12H9ClF2N2O2S/c13-9-3-1-7(14)5-11(9)17-20(18,19)12-6-8(16)2-4-10(12)15/h1-6,17H,16H2. The first-order valence-corrected chi connectivity index (χ1v) is 7.18. The summed E-state index contributed by atoms with van der Waals surface area (Å²) in [4.78, 5) is -0.641. The lowest BCUT2D eigenvalue weighted by atomic mass is 10.3. The normalized spacial score (nSPS) is 11.3. The van der Waals surface area contributed by atoms with Crippen LogP contribution >= 0.6 is 11.6 Å². The highest BCUT2D eigenvalue weighted by molar-refractivity contribution is 7.92. The number of halogens is 3. The van der Waals surface area contributed by atoms with E-state index >= 15 is 0 Å². The quantitative estimate of drug-likeness (QED) is 0.854. The SMILES string of the molecule is Nc1ccc(F)c(S(=O)(=O)Nc2cc(F)ccc2Cl)c1. The molecule has 0 aliphatic heterocycles. The molecular formula is C12H9ClF2N2O2S. The van der Waals surface area contributed by atoms with Crippen molar-refractivity contribution in [3.63, 3.8) is 0 Å². The van der Waals surface area contributed by atoms with Crippen LogP contribution in [-0.4, -0.2) is 8.42 Å². The molecule has 20 heavy (non-hydrogen) atoms. The van der Waals surface area contributed by atoms with E-state index in [0.29, 0.717) is 0 Å². The van der Waals surface area contributed by atoms with Crippen molar-refractivity contribution in [2.75, 3.05) is 10.5 Å². The molecule has 0 saturated carbocycles. The summed E-state index contributed by atoms with van der Waals surface area (Å²) in [5.41, 5.74) is 5.32. The van der Waals surface area contributed by atoms with Crippen molar-refractivity contribution in [3.8, 4) is 0 Å². The minimum absolute atomic E-state index is 0.0145. The first kappa shape index (κ1) is 14.5. The van der Waals surface area contributed by atoms with E-state index in [4.69, 9.17) is 17.3 Å². The number of nitrogens with two attached hydrogens (primary N) is 1. The smallest absolute Gasteiger partial charge is 0.264 e. The molecule has 0 heterocycles. The maximum Gasteiger partial charge on any atom is 0.264 e. The maximum absolute atomic E-state index is 13.6. The summed E-state index contributed by atoms with van der Waals surface area (Å²) in [5, 5.41) is -0.0145. The summed E-state index contributed by atoms with van der Waals surface area (Å²) in [6, 6.07) is 6.27. The molecule has 4 nitrogen and oxygen atoms in total. The van der Waals surface area contributed by atoms with Crippen LogP contribution in [0.1, 0.15) is 0 Å². The van der Waals surface area contributed by atoms with E-state index in [0.717, 1.165) is 24.3 Å². The molecule has 3 N–H and O–H groups in total. The summed E-state index contributed by atoms with van der Waals surface area (Å²) in [6.45, 7) is 0. The van der Waals surface area contributed by atoms with Gasteiger partial charge in [0.15, 0.2) is 0 Å². The van der Waals surface area contributed by atoms with Gasteiger partial charge in [0.25, 0.3) is 10.0 Å². The van der Waals surface area contributed by atoms with Crippen molar-refractivity contribution in [1.82, 2.24) is 0 Å². The number of rotatable bonds is 3. The van der Waals surface area contributed by atoms with Gasteiger partial charge in [-0.2, -0.15) is 0 Å². The highest BCUT2D eigenvalue weighted by Crippen LogP contribution is 2.26. The van der Waals surface area contributed by atoms with Crippen molar-refractivity contribution < 1.29 is 17.2 Å². The molecule has 0 amide bonds. The van der Waals surface area contributed by atoms with Gasteiger partial charge in [-0.3, -0.25) is 4.72 Å². The molecule has 0 saturated heterocycles. The van der Waals surface area contributed by atoms with Crippen LogP contribution in [0.2, 0.25) is 5.02 Å². The Morgan fingerprint density at radius 2 is 1.80 bits per heavy atom.